The third kappa shape index (κ3) is 3.94. The van der Waals surface area contributed by atoms with E-state index in [4.69, 9.17) is 0 Å². The van der Waals surface area contributed by atoms with Crippen LogP contribution in [0.4, 0.5) is 0 Å². The number of benzene rings is 11. The molecule has 0 aromatic heterocycles. The highest BCUT2D eigenvalue weighted by Crippen LogP contribution is 2.45. The van der Waals surface area contributed by atoms with Crippen LogP contribution in [-0.4, -0.2) is 0 Å². The van der Waals surface area contributed by atoms with Gasteiger partial charge in [0.15, 0.2) is 0 Å². The van der Waals surface area contributed by atoms with Crippen LogP contribution in [0.5, 0.6) is 0 Å². The molecule has 11 aromatic rings. The lowest BCUT2D eigenvalue weighted by molar-refractivity contribution is 1.67. The maximum atomic E-state index is 2.46. The first kappa shape index (κ1) is 27.5. The van der Waals surface area contributed by atoms with E-state index in [1.165, 1.54) is 108 Å². The van der Waals surface area contributed by atoms with E-state index in [0.717, 1.165) is 0 Å². The molecule has 0 saturated carbocycles. The van der Waals surface area contributed by atoms with Gasteiger partial charge < -0.3 is 0 Å². The Morgan fingerprint density at radius 2 is 0.620 bits per heavy atom. The van der Waals surface area contributed by atoms with Crippen molar-refractivity contribution in [1.29, 1.82) is 0 Å². The molecule has 11 aromatic carbocycles. The second-order valence-electron chi connectivity index (χ2n) is 13.6. The Balaban J connectivity index is 1.21. The van der Waals surface area contributed by atoms with Gasteiger partial charge in [0.25, 0.3) is 0 Å². The average Bonchev–Trinajstić information content (AvgIpc) is 3.19. The zero-order chi connectivity index (χ0) is 32.8. The van der Waals surface area contributed by atoms with Gasteiger partial charge in [-0.1, -0.05) is 158 Å². The van der Waals surface area contributed by atoms with Gasteiger partial charge in [-0.25, -0.2) is 0 Å². The molecule has 0 aliphatic heterocycles. The standard InChI is InChI=1S/C50H30/c1-2-12-32-27-33(22-21-31(32)11-1)34-23-24-35-29-47(41-17-4-3-16-40(41)46(35)28-34)36-25-26-42-39-15-7-9-19-44(39)49-43-18-8-5-13-37(43)38-14-6-10-20-45(38)50(49)48(42)30-36/h1-30H. The molecule has 50 heavy (non-hydrogen) atoms. The van der Waals surface area contributed by atoms with E-state index in [0.29, 0.717) is 0 Å². The second-order valence-corrected chi connectivity index (χ2v) is 13.6. The molecule has 0 fully saturated rings. The third-order valence-corrected chi connectivity index (χ3v) is 11.0. The average molecular weight is 631 g/mol. The maximum absolute atomic E-state index is 2.46. The SMILES string of the molecule is c1ccc2cc(-c3ccc4cc(-c5ccc6c7ccccc7c7c8ccccc8c8ccccc8c7c6c5)c5ccccc5c4c3)ccc2c1. The first-order valence-corrected chi connectivity index (χ1v) is 17.4. The van der Waals surface area contributed by atoms with E-state index in [1.54, 1.807) is 0 Å². The van der Waals surface area contributed by atoms with Crippen molar-refractivity contribution < 1.29 is 0 Å². The van der Waals surface area contributed by atoms with Crippen LogP contribution in [0.3, 0.4) is 0 Å². The van der Waals surface area contributed by atoms with Crippen LogP contribution < -0.4 is 0 Å². The Hall–Kier alpha value is -6.50. The Morgan fingerprint density at radius 3 is 1.26 bits per heavy atom. The highest BCUT2D eigenvalue weighted by atomic mass is 14.2. The molecule has 0 aliphatic carbocycles. The molecular formula is C50H30. The fourth-order valence-electron chi connectivity index (χ4n) is 8.68. The molecule has 0 atom stereocenters. The van der Waals surface area contributed by atoms with E-state index in [2.05, 4.69) is 182 Å². The first-order chi connectivity index (χ1) is 24.8. The lowest BCUT2D eigenvalue weighted by Crippen LogP contribution is -1.90. The van der Waals surface area contributed by atoms with Gasteiger partial charge in [0, 0.05) is 0 Å². The van der Waals surface area contributed by atoms with Gasteiger partial charge >= 0.3 is 0 Å². The summed E-state index contributed by atoms with van der Waals surface area (Å²) in [6, 6.07) is 67.6. The molecule has 230 valence electrons. The molecule has 0 amide bonds. The van der Waals surface area contributed by atoms with Gasteiger partial charge in [-0.15, -0.1) is 0 Å². The second kappa shape index (κ2) is 10.5. The third-order valence-electron chi connectivity index (χ3n) is 11.0. The molecule has 0 bridgehead atoms. The van der Waals surface area contributed by atoms with Crippen LogP contribution in [0.1, 0.15) is 0 Å². The first-order valence-electron chi connectivity index (χ1n) is 17.4. The smallest absolute Gasteiger partial charge is 0.00137 e. The zero-order valence-electron chi connectivity index (χ0n) is 27.3. The maximum Gasteiger partial charge on any atom is -0.00137 e. The molecule has 11 rings (SSSR count). The largest absolute Gasteiger partial charge is 0.0616 e. The van der Waals surface area contributed by atoms with Gasteiger partial charge in [-0.2, -0.15) is 0 Å². The molecular weight excluding hydrogens is 601 g/mol. The molecule has 0 spiro atoms. The summed E-state index contributed by atoms with van der Waals surface area (Å²) >= 11 is 0. The highest BCUT2D eigenvalue weighted by molar-refractivity contribution is 6.39. The fourth-order valence-corrected chi connectivity index (χ4v) is 8.68. The van der Waals surface area contributed by atoms with Crippen molar-refractivity contribution in [2.75, 3.05) is 0 Å². The Labute approximate surface area is 289 Å². The Bertz CT molecular complexity index is 3180. The van der Waals surface area contributed by atoms with E-state index in [-0.39, 0.29) is 0 Å². The lowest BCUT2D eigenvalue weighted by atomic mass is 9.85. The molecule has 0 aliphatic rings. The normalized spacial score (nSPS) is 12.0. The summed E-state index contributed by atoms with van der Waals surface area (Å²) in [7, 11) is 0. The minimum atomic E-state index is 1.24. The van der Waals surface area contributed by atoms with Gasteiger partial charge in [0.05, 0.1) is 0 Å². The van der Waals surface area contributed by atoms with E-state index in [9.17, 15) is 0 Å². The van der Waals surface area contributed by atoms with Crippen LogP contribution in [0, 0.1) is 0 Å². The van der Waals surface area contributed by atoms with E-state index < -0.39 is 0 Å². The fraction of sp³-hybridized carbons (Fsp3) is 0. The monoisotopic (exact) mass is 630 g/mol. The molecule has 0 heterocycles. The quantitative estimate of drug-likeness (QED) is 0.167. The molecule has 0 heteroatoms. The summed E-state index contributed by atoms with van der Waals surface area (Å²) in [6.07, 6.45) is 0. The van der Waals surface area contributed by atoms with Gasteiger partial charge in [-0.3, -0.25) is 0 Å². The predicted molar refractivity (Wildman–Crippen MR) is 217 cm³/mol. The zero-order valence-corrected chi connectivity index (χ0v) is 27.3. The summed E-state index contributed by atoms with van der Waals surface area (Å²) in [5, 5.41) is 20.7. The van der Waals surface area contributed by atoms with Gasteiger partial charge in [-0.05, 0) is 133 Å². The van der Waals surface area contributed by atoms with Crippen molar-refractivity contribution in [3.63, 3.8) is 0 Å². The van der Waals surface area contributed by atoms with Gasteiger partial charge in [0.2, 0.25) is 0 Å². The molecule has 0 nitrogen and oxygen atoms in total. The number of fused-ring (bicyclic) bond motifs is 15. The molecule has 0 N–H and O–H groups in total. The number of hydrogen-bond acceptors (Lipinski definition) is 0. The van der Waals surface area contributed by atoms with Crippen molar-refractivity contribution in [2.45, 2.75) is 0 Å². The topological polar surface area (TPSA) is 0 Å². The Kier molecular flexibility index (Phi) is 5.76. The van der Waals surface area contributed by atoms with Crippen LogP contribution in [0.25, 0.3) is 108 Å². The van der Waals surface area contributed by atoms with Crippen molar-refractivity contribution in [2.24, 2.45) is 0 Å². The van der Waals surface area contributed by atoms with E-state index in [1.807, 2.05) is 0 Å². The van der Waals surface area contributed by atoms with Crippen molar-refractivity contribution >= 4 is 86.2 Å². The van der Waals surface area contributed by atoms with Crippen molar-refractivity contribution in [1.82, 2.24) is 0 Å². The van der Waals surface area contributed by atoms with Crippen molar-refractivity contribution in [3.05, 3.63) is 182 Å². The van der Waals surface area contributed by atoms with Gasteiger partial charge in [0.1, 0.15) is 0 Å². The molecule has 0 radical (unpaired) electrons. The van der Waals surface area contributed by atoms with Crippen LogP contribution >= 0.6 is 0 Å². The predicted octanol–water partition coefficient (Wildman–Crippen LogP) is 14.2. The minimum absolute atomic E-state index is 1.24. The van der Waals surface area contributed by atoms with Crippen LogP contribution in [0.2, 0.25) is 0 Å². The van der Waals surface area contributed by atoms with Crippen LogP contribution in [-0.2, 0) is 0 Å². The lowest BCUT2D eigenvalue weighted by Gasteiger charge is -2.18. The van der Waals surface area contributed by atoms with Crippen molar-refractivity contribution in [3.8, 4) is 22.3 Å². The summed E-state index contributed by atoms with van der Waals surface area (Å²) in [4.78, 5) is 0. The van der Waals surface area contributed by atoms with Crippen LogP contribution in [0.15, 0.2) is 182 Å². The summed E-state index contributed by atoms with van der Waals surface area (Å²) in [5.74, 6) is 0. The summed E-state index contributed by atoms with van der Waals surface area (Å²) < 4.78 is 0. The summed E-state index contributed by atoms with van der Waals surface area (Å²) in [5.41, 5.74) is 4.99. The number of rotatable bonds is 2. The molecule has 0 saturated heterocycles. The van der Waals surface area contributed by atoms with E-state index >= 15 is 0 Å². The number of hydrogen-bond donors (Lipinski definition) is 0. The summed E-state index contributed by atoms with van der Waals surface area (Å²) in [6.45, 7) is 0. The molecule has 0 unspecified atom stereocenters. The Morgan fingerprint density at radius 1 is 0.200 bits per heavy atom. The highest BCUT2D eigenvalue weighted by Gasteiger charge is 2.17. The minimum Gasteiger partial charge on any atom is -0.0616 e.